The van der Waals surface area contributed by atoms with Gasteiger partial charge in [0, 0.05) is 24.7 Å². The Hall–Kier alpha value is -3.82. The number of benzene rings is 2. The van der Waals surface area contributed by atoms with Crippen molar-refractivity contribution in [3.05, 3.63) is 89.5 Å². The summed E-state index contributed by atoms with van der Waals surface area (Å²) in [5.41, 5.74) is 2.96. The lowest BCUT2D eigenvalue weighted by Gasteiger charge is -2.33. The number of rotatable bonds is 8. The number of carbonyl (C=O) groups is 3. The van der Waals surface area contributed by atoms with Crippen LogP contribution in [0.3, 0.4) is 0 Å². The van der Waals surface area contributed by atoms with Gasteiger partial charge in [0.25, 0.3) is 0 Å². The Labute approximate surface area is 221 Å². The predicted octanol–water partition coefficient (Wildman–Crippen LogP) is 3.90. The number of aromatic nitrogens is 2. The summed E-state index contributed by atoms with van der Waals surface area (Å²) in [6, 6.07) is 18.2. The molecular formula is C29H33N4O5+. The van der Waals surface area contributed by atoms with Gasteiger partial charge in [0.2, 0.25) is 12.1 Å². The van der Waals surface area contributed by atoms with E-state index in [0.29, 0.717) is 13.0 Å². The first-order valence-electron chi connectivity index (χ1n) is 13.1. The van der Waals surface area contributed by atoms with E-state index in [0.717, 1.165) is 30.5 Å². The summed E-state index contributed by atoms with van der Waals surface area (Å²) in [7, 11) is 0. The van der Waals surface area contributed by atoms with E-state index in [1.54, 1.807) is 6.20 Å². The molecule has 0 spiro atoms. The highest BCUT2D eigenvalue weighted by molar-refractivity contribution is 5.93. The molecule has 0 saturated carbocycles. The van der Waals surface area contributed by atoms with Crippen LogP contribution in [0.2, 0.25) is 0 Å². The number of imidazole rings is 1. The molecule has 2 aromatic carbocycles. The van der Waals surface area contributed by atoms with E-state index >= 15 is 0 Å². The molecule has 0 bridgehead atoms. The van der Waals surface area contributed by atoms with Crippen LogP contribution in [0, 0.1) is 0 Å². The van der Waals surface area contributed by atoms with Gasteiger partial charge < -0.3 is 14.5 Å². The lowest BCUT2D eigenvalue weighted by molar-refractivity contribution is -0.778. The highest BCUT2D eigenvalue weighted by Crippen LogP contribution is 2.31. The fourth-order valence-electron chi connectivity index (χ4n) is 5.31. The van der Waals surface area contributed by atoms with Gasteiger partial charge in [-0.1, -0.05) is 60.7 Å². The van der Waals surface area contributed by atoms with Gasteiger partial charge in [0.15, 0.2) is 0 Å². The van der Waals surface area contributed by atoms with Crippen LogP contribution in [0.1, 0.15) is 53.6 Å². The summed E-state index contributed by atoms with van der Waals surface area (Å²) in [6.45, 7) is 2.50. The maximum Gasteiger partial charge on any atom is 0.425 e. The lowest BCUT2D eigenvalue weighted by Crippen LogP contribution is -2.64. The second kappa shape index (κ2) is 11.3. The fourth-order valence-corrected chi connectivity index (χ4v) is 5.31. The van der Waals surface area contributed by atoms with E-state index < -0.39 is 28.8 Å². The summed E-state index contributed by atoms with van der Waals surface area (Å²) in [5.74, 6) is -0.646. The molecule has 3 amide bonds. The Kier molecular flexibility index (Phi) is 7.67. The zero-order valence-electron chi connectivity index (χ0n) is 21.5. The van der Waals surface area contributed by atoms with Crippen molar-refractivity contribution < 1.29 is 28.3 Å². The molecule has 198 valence electrons. The summed E-state index contributed by atoms with van der Waals surface area (Å²) in [4.78, 5) is 47.2. The molecule has 3 heterocycles. The van der Waals surface area contributed by atoms with Crippen molar-refractivity contribution in [2.75, 3.05) is 6.54 Å². The summed E-state index contributed by atoms with van der Waals surface area (Å²) in [6.07, 6.45) is 3.71. The van der Waals surface area contributed by atoms with Crippen molar-refractivity contribution in [1.82, 2.24) is 15.3 Å². The molecule has 5 rings (SSSR count). The van der Waals surface area contributed by atoms with Gasteiger partial charge in [-0.15, -0.1) is 0 Å². The van der Waals surface area contributed by atoms with Crippen LogP contribution in [-0.4, -0.2) is 57.3 Å². The number of nitrogens with one attached hydrogen (secondary N) is 2. The van der Waals surface area contributed by atoms with Crippen molar-refractivity contribution in [2.45, 2.75) is 64.0 Å². The molecule has 1 aromatic heterocycles. The largest absolute Gasteiger partial charge is 0.433 e. The minimum absolute atomic E-state index is 0.0157. The number of hydrogen-bond donors (Lipinski definition) is 2. The number of aromatic amines is 1. The van der Waals surface area contributed by atoms with Crippen LogP contribution >= 0.6 is 0 Å². The predicted molar refractivity (Wildman–Crippen MR) is 139 cm³/mol. The number of hydrogen-bond acceptors (Lipinski definition) is 6. The zero-order valence-corrected chi connectivity index (χ0v) is 21.5. The molecule has 2 saturated heterocycles. The lowest BCUT2D eigenvalue weighted by atomic mass is 10.1. The van der Waals surface area contributed by atoms with Crippen LogP contribution in [0.15, 0.2) is 66.9 Å². The molecular weight excluding hydrogens is 484 g/mol. The number of quaternary nitrogens is 1. The van der Waals surface area contributed by atoms with E-state index in [1.165, 1.54) is 5.56 Å². The third-order valence-electron chi connectivity index (χ3n) is 7.50. The number of amides is 3. The number of aryl methyl sites for hydroxylation is 2. The SMILES string of the molecule is C[C@H]1CCC[N+]1(C(=O)NC1CC(=O)OC1OCc1ccccc1)C(=O)c1ncc(CCc2ccccc2)[nH]1. The molecule has 0 aliphatic carbocycles. The number of cyclic esters (lactones) is 1. The molecule has 4 atom stereocenters. The van der Waals surface area contributed by atoms with E-state index in [1.807, 2.05) is 55.5 Å². The first-order valence-corrected chi connectivity index (χ1v) is 13.1. The van der Waals surface area contributed by atoms with Crippen molar-refractivity contribution in [3.8, 4) is 0 Å². The van der Waals surface area contributed by atoms with E-state index in [4.69, 9.17) is 9.47 Å². The molecule has 2 N–H and O–H groups in total. The van der Waals surface area contributed by atoms with E-state index in [2.05, 4.69) is 27.4 Å². The second-order valence-corrected chi connectivity index (χ2v) is 10.0. The third kappa shape index (κ3) is 5.39. The second-order valence-electron chi connectivity index (χ2n) is 10.0. The quantitative estimate of drug-likeness (QED) is 0.346. The molecule has 9 heteroatoms. The summed E-state index contributed by atoms with van der Waals surface area (Å²) < 4.78 is 10.8. The molecule has 38 heavy (non-hydrogen) atoms. The van der Waals surface area contributed by atoms with Crippen molar-refractivity contribution in [2.24, 2.45) is 0 Å². The van der Waals surface area contributed by atoms with Crippen LogP contribution in [0.25, 0.3) is 0 Å². The number of urea groups is 1. The third-order valence-corrected chi connectivity index (χ3v) is 7.50. The maximum atomic E-state index is 13.8. The number of imide groups is 1. The molecule has 3 aromatic rings. The number of likely N-dealkylation sites (tertiary alicyclic amines) is 1. The Morgan fingerprint density at radius 3 is 2.47 bits per heavy atom. The molecule has 2 aliphatic heterocycles. The number of nitrogens with zero attached hydrogens (tertiary/aromatic N) is 2. The van der Waals surface area contributed by atoms with Crippen molar-refractivity contribution >= 4 is 17.9 Å². The van der Waals surface area contributed by atoms with Crippen molar-refractivity contribution in [1.29, 1.82) is 0 Å². The number of ether oxygens (including phenoxy) is 2. The normalized spacial score (nSPS) is 24.8. The Balaban J connectivity index is 1.28. The van der Waals surface area contributed by atoms with Gasteiger partial charge >= 0.3 is 17.9 Å². The Morgan fingerprint density at radius 1 is 1.08 bits per heavy atom. The Bertz CT molecular complexity index is 1280. The Morgan fingerprint density at radius 2 is 1.79 bits per heavy atom. The number of esters is 1. The monoisotopic (exact) mass is 517 g/mol. The van der Waals surface area contributed by atoms with Crippen LogP contribution in [-0.2, 0) is 33.7 Å². The smallest absolute Gasteiger partial charge is 0.425 e. The van der Waals surface area contributed by atoms with Gasteiger partial charge in [0.05, 0.1) is 19.6 Å². The van der Waals surface area contributed by atoms with Gasteiger partial charge in [0.1, 0.15) is 12.1 Å². The number of carbonyl (C=O) groups excluding carboxylic acids is 3. The average molecular weight is 518 g/mol. The van der Waals surface area contributed by atoms with Crippen LogP contribution < -0.4 is 5.32 Å². The molecule has 2 fully saturated rings. The minimum Gasteiger partial charge on any atom is -0.433 e. The first-order chi connectivity index (χ1) is 18.5. The first kappa shape index (κ1) is 25.8. The van der Waals surface area contributed by atoms with E-state index in [-0.39, 0.29) is 30.8 Å². The van der Waals surface area contributed by atoms with Crippen LogP contribution in [0.5, 0.6) is 0 Å². The molecule has 2 aliphatic rings. The minimum atomic E-state index is -0.923. The van der Waals surface area contributed by atoms with E-state index in [9.17, 15) is 14.4 Å². The molecule has 3 unspecified atom stereocenters. The fraction of sp³-hybridized carbons (Fsp3) is 0.379. The highest BCUT2D eigenvalue weighted by Gasteiger charge is 2.55. The summed E-state index contributed by atoms with van der Waals surface area (Å²) in [5, 5.41) is 2.91. The highest BCUT2D eigenvalue weighted by atomic mass is 16.7. The van der Waals surface area contributed by atoms with Gasteiger partial charge in [-0.3, -0.25) is 10.1 Å². The van der Waals surface area contributed by atoms with Gasteiger partial charge in [-0.2, -0.15) is 4.48 Å². The van der Waals surface area contributed by atoms with Crippen molar-refractivity contribution in [3.63, 3.8) is 0 Å². The molecule has 9 nitrogen and oxygen atoms in total. The number of H-pyrrole nitrogens is 1. The van der Waals surface area contributed by atoms with Gasteiger partial charge in [-0.25, -0.2) is 14.6 Å². The standard InChI is InChI=1S/C29H32N4O5/c1-20-9-8-16-33(20,27(35)26-30-18-23(31-26)15-14-21-10-4-2-5-11-21)29(36)32-24-17-25(34)38-28(24)37-19-22-12-6-3-7-13-22/h2-7,10-13,18,20,24,28H,8-9,14-17,19H2,1H3,(H-,30,31,32,35,36)/p+1/t20-,24?,28?,33?/m0/s1. The average Bonchev–Trinajstić information content (AvgIpc) is 3.66. The van der Waals surface area contributed by atoms with Gasteiger partial charge in [-0.05, 0) is 30.9 Å². The van der Waals surface area contributed by atoms with Crippen LogP contribution in [0.4, 0.5) is 4.79 Å². The summed E-state index contributed by atoms with van der Waals surface area (Å²) >= 11 is 0. The zero-order chi connectivity index (χ0) is 26.5. The molecule has 0 radical (unpaired) electrons. The topological polar surface area (TPSA) is 110 Å². The maximum absolute atomic E-state index is 13.8.